The van der Waals surface area contributed by atoms with Gasteiger partial charge in [0.2, 0.25) is 0 Å². The summed E-state index contributed by atoms with van der Waals surface area (Å²) in [6.45, 7) is 3.13. The molecule has 1 heterocycles. The van der Waals surface area contributed by atoms with Crippen LogP contribution in [-0.4, -0.2) is 32.3 Å². The summed E-state index contributed by atoms with van der Waals surface area (Å²) in [4.78, 5) is 26.8. The van der Waals surface area contributed by atoms with Gasteiger partial charge >= 0.3 is 0 Å². The molecule has 1 aromatic carbocycles. The van der Waals surface area contributed by atoms with Crippen LogP contribution in [0.5, 0.6) is 0 Å². The first kappa shape index (κ1) is 12.6. The summed E-state index contributed by atoms with van der Waals surface area (Å²) in [6.07, 6.45) is 2.27. The molecule has 0 fully saturated rings. The maximum absolute atomic E-state index is 11.7. The molecule has 0 bridgehead atoms. The standard InChI is InChI=1S/C14H18N2O2/c1-4-5-8-15(2)10-6-7-11-12(9-10)16(3)14(18)13(11)17/h6-7,9H,4-5,8H2,1-3H3. The molecule has 0 radical (unpaired) electrons. The number of unbranched alkanes of at least 4 members (excludes halogenated alkanes) is 1. The van der Waals surface area contributed by atoms with Crippen molar-refractivity contribution in [2.24, 2.45) is 0 Å². The topological polar surface area (TPSA) is 40.6 Å². The number of rotatable bonds is 4. The number of hydrogen-bond acceptors (Lipinski definition) is 3. The molecule has 0 spiro atoms. The second kappa shape index (κ2) is 4.80. The Balaban J connectivity index is 2.29. The van der Waals surface area contributed by atoms with Gasteiger partial charge in [-0.3, -0.25) is 9.59 Å². The van der Waals surface area contributed by atoms with Crippen molar-refractivity contribution < 1.29 is 9.59 Å². The van der Waals surface area contributed by atoms with Crippen LogP contribution in [0.1, 0.15) is 30.1 Å². The van der Waals surface area contributed by atoms with Gasteiger partial charge in [0.1, 0.15) is 0 Å². The van der Waals surface area contributed by atoms with Crippen LogP contribution in [0.3, 0.4) is 0 Å². The number of likely N-dealkylation sites (N-methyl/N-ethyl adjacent to an activating group) is 1. The number of Topliss-reactive ketones (excluding diaryl/α,β-unsaturated/α-hetero) is 1. The van der Waals surface area contributed by atoms with Crippen LogP contribution in [0, 0.1) is 0 Å². The highest BCUT2D eigenvalue weighted by Gasteiger charge is 2.33. The van der Waals surface area contributed by atoms with Crippen LogP contribution in [0.2, 0.25) is 0 Å². The average molecular weight is 246 g/mol. The van der Waals surface area contributed by atoms with Crippen LogP contribution in [0.4, 0.5) is 11.4 Å². The molecule has 1 aliphatic rings. The Morgan fingerprint density at radius 3 is 2.67 bits per heavy atom. The lowest BCUT2D eigenvalue weighted by Crippen LogP contribution is -2.25. The Morgan fingerprint density at radius 2 is 2.00 bits per heavy atom. The summed E-state index contributed by atoms with van der Waals surface area (Å²) in [5, 5.41) is 0. The highest BCUT2D eigenvalue weighted by molar-refractivity contribution is 6.52. The molecular formula is C14H18N2O2. The van der Waals surface area contributed by atoms with Crippen LogP contribution in [-0.2, 0) is 4.79 Å². The summed E-state index contributed by atoms with van der Waals surface area (Å²) < 4.78 is 0. The van der Waals surface area contributed by atoms with Crippen molar-refractivity contribution in [2.45, 2.75) is 19.8 Å². The molecule has 0 aromatic heterocycles. The lowest BCUT2D eigenvalue weighted by molar-refractivity contribution is -0.114. The highest BCUT2D eigenvalue weighted by Crippen LogP contribution is 2.31. The molecule has 1 aromatic rings. The lowest BCUT2D eigenvalue weighted by atomic mass is 10.1. The van der Waals surface area contributed by atoms with Gasteiger partial charge in [0.05, 0.1) is 11.3 Å². The zero-order valence-corrected chi connectivity index (χ0v) is 11.1. The van der Waals surface area contributed by atoms with E-state index in [2.05, 4.69) is 11.8 Å². The van der Waals surface area contributed by atoms with Crippen molar-refractivity contribution in [3.63, 3.8) is 0 Å². The number of fused-ring (bicyclic) bond motifs is 1. The van der Waals surface area contributed by atoms with E-state index in [0.717, 1.165) is 25.1 Å². The van der Waals surface area contributed by atoms with Gasteiger partial charge in [-0.15, -0.1) is 0 Å². The molecule has 0 atom stereocenters. The third-order valence-electron chi connectivity index (χ3n) is 3.37. The molecule has 18 heavy (non-hydrogen) atoms. The average Bonchev–Trinajstić information content (AvgIpc) is 2.61. The minimum Gasteiger partial charge on any atom is -0.375 e. The van der Waals surface area contributed by atoms with Crippen molar-refractivity contribution in [3.8, 4) is 0 Å². The molecule has 96 valence electrons. The predicted octanol–water partition coefficient (Wildman–Crippen LogP) is 2.08. The predicted molar refractivity (Wildman–Crippen MR) is 72.4 cm³/mol. The van der Waals surface area contributed by atoms with Gasteiger partial charge in [-0.05, 0) is 24.6 Å². The Bertz CT molecular complexity index is 497. The van der Waals surface area contributed by atoms with E-state index in [-0.39, 0.29) is 0 Å². The summed E-state index contributed by atoms with van der Waals surface area (Å²) in [7, 11) is 3.66. The second-order valence-electron chi connectivity index (χ2n) is 4.67. The molecule has 0 saturated heterocycles. The van der Waals surface area contributed by atoms with Gasteiger partial charge in [-0.25, -0.2) is 0 Å². The minimum atomic E-state index is -0.446. The van der Waals surface area contributed by atoms with E-state index in [1.165, 1.54) is 4.90 Å². The van der Waals surface area contributed by atoms with Crippen LogP contribution < -0.4 is 9.80 Å². The fourth-order valence-corrected chi connectivity index (χ4v) is 2.13. The number of benzene rings is 1. The Hall–Kier alpha value is -1.84. The van der Waals surface area contributed by atoms with Crippen LogP contribution in [0.25, 0.3) is 0 Å². The number of anilines is 2. The van der Waals surface area contributed by atoms with Crippen molar-refractivity contribution in [2.75, 3.05) is 30.4 Å². The molecule has 0 saturated carbocycles. The largest absolute Gasteiger partial charge is 0.375 e. The quantitative estimate of drug-likeness (QED) is 0.764. The van der Waals surface area contributed by atoms with Gasteiger partial charge in [-0.1, -0.05) is 13.3 Å². The highest BCUT2D eigenvalue weighted by atomic mass is 16.2. The van der Waals surface area contributed by atoms with Crippen molar-refractivity contribution in [1.82, 2.24) is 0 Å². The van der Waals surface area contributed by atoms with Gasteiger partial charge in [0.15, 0.2) is 0 Å². The fraction of sp³-hybridized carbons (Fsp3) is 0.429. The molecule has 2 rings (SSSR count). The van der Waals surface area contributed by atoms with Crippen LogP contribution >= 0.6 is 0 Å². The first-order chi connectivity index (χ1) is 8.56. The number of hydrogen-bond donors (Lipinski definition) is 0. The Kier molecular flexibility index (Phi) is 3.36. The van der Waals surface area contributed by atoms with Crippen LogP contribution in [0.15, 0.2) is 18.2 Å². The Morgan fingerprint density at radius 1 is 1.28 bits per heavy atom. The van der Waals surface area contributed by atoms with Crippen molar-refractivity contribution >= 4 is 23.1 Å². The molecule has 1 aliphatic heterocycles. The van der Waals surface area contributed by atoms with Gasteiger partial charge < -0.3 is 9.80 Å². The van der Waals surface area contributed by atoms with E-state index in [1.807, 2.05) is 19.2 Å². The molecule has 4 nitrogen and oxygen atoms in total. The third kappa shape index (κ3) is 1.98. The van der Waals surface area contributed by atoms with E-state index in [9.17, 15) is 9.59 Å². The molecule has 1 amide bonds. The zero-order chi connectivity index (χ0) is 13.3. The van der Waals surface area contributed by atoms with Gasteiger partial charge in [0, 0.05) is 26.3 Å². The zero-order valence-electron chi connectivity index (χ0n) is 11.1. The maximum atomic E-state index is 11.7. The van der Waals surface area contributed by atoms with E-state index in [1.54, 1.807) is 13.1 Å². The Labute approximate surface area is 107 Å². The van der Waals surface area contributed by atoms with E-state index < -0.39 is 11.7 Å². The summed E-state index contributed by atoms with van der Waals surface area (Å²) in [6, 6.07) is 5.56. The first-order valence-corrected chi connectivity index (χ1v) is 6.23. The van der Waals surface area contributed by atoms with Gasteiger partial charge in [0.25, 0.3) is 11.7 Å². The maximum Gasteiger partial charge on any atom is 0.299 e. The normalized spacial score (nSPS) is 14.1. The summed E-state index contributed by atoms with van der Waals surface area (Å²) in [5.41, 5.74) is 2.26. The van der Waals surface area contributed by atoms with Gasteiger partial charge in [-0.2, -0.15) is 0 Å². The smallest absolute Gasteiger partial charge is 0.299 e. The first-order valence-electron chi connectivity index (χ1n) is 6.23. The number of carbonyl (C=O) groups excluding carboxylic acids is 2. The summed E-state index contributed by atoms with van der Waals surface area (Å²) in [5.74, 6) is -0.853. The molecule has 0 aliphatic carbocycles. The molecule has 4 heteroatoms. The monoisotopic (exact) mass is 246 g/mol. The van der Waals surface area contributed by atoms with E-state index in [0.29, 0.717) is 11.3 Å². The number of nitrogens with zero attached hydrogens (tertiary/aromatic N) is 2. The summed E-state index contributed by atoms with van der Waals surface area (Å²) >= 11 is 0. The van der Waals surface area contributed by atoms with Crippen molar-refractivity contribution in [1.29, 1.82) is 0 Å². The lowest BCUT2D eigenvalue weighted by Gasteiger charge is -2.20. The molecule has 0 N–H and O–H groups in total. The second-order valence-corrected chi connectivity index (χ2v) is 4.67. The number of ketones is 1. The SMILES string of the molecule is CCCCN(C)c1ccc2c(c1)N(C)C(=O)C2=O. The molecular weight excluding hydrogens is 228 g/mol. The van der Waals surface area contributed by atoms with E-state index in [4.69, 9.17) is 0 Å². The van der Waals surface area contributed by atoms with Crippen molar-refractivity contribution in [3.05, 3.63) is 23.8 Å². The number of amides is 1. The number of carbonyl (C=O) groups is 2. The van der Waals surface area contributed by atoms with E-state index >= 15 is 0 Å². The third-order valence-corrected chi connectivity index (χ3v) is 3.37. The fourth-order valence-electron chi connectivity index (χ4n) is 2.13. The minimum absolute atomic E-state index is 0.407. The molecule has 0 unspecified atom stereocenters.